The highest BCUT2D eigenvalue weighted by atomic mass is 32.2. The number of aliphatic hydroxyl groups is 1. The molecule has 2 rings (SSSR count). The zero-order valence-corrected chi connectivity index (χ0v) is 11.5. The molecule has 0 bridgehead atoms. The molecule has 0 saturated heterocycles. The van der Waals surface area contributed by atoms with Gasteiger partial charge < -0.3 is 5.11 Å². The summed E-state index contributed by atoms with van der Waals surface area (Å²) >= 11 is 0. The molecule has 1 heterocycles. The van der Waals surface area contributed by atoms with E-state index in [0.29, 0.717) is 11.3 Å². The molecule has 0 fully saturated rings. The van der Waals surface area contributed by atoms with Gasteiger partial charge in [-0.3, -0.25) is 5.10 Å². The van der Waals surface area contributed by atoms with Crippen molar-refractivity contribution in [2.24, 2.45) is 0 Å². The van der Waals surface area contributed by atoms with Crippen molar-refractivity contribution in [1.29, 1.82) is 0 Å². The third-order valence-electron chi connectivity index (χ3n) is 2.74. The third kappa shape index (κ3) is 3.03. The van der Waals surface area contributed by atoms with Gasteiger partial charge in [-0.1, -0.05) is 12.1 Å². The molecule has 8 heteroatoms. The van der Waals surface area contributed by atoms with Crippen LogP contribution < -0.4 is 4.72 Å². The minimum atomic E-state index is -3.83. The van der Waals surface area contributed by atoms with E-state index in [-0.39, 0.29) is 17.1 Å². The maximum atomic E-state index is 13.0. The number of aromatic amines is 1. The van der Waals surface area contributed by atoms with Crippen molar-refractivity contribution in [1.82, 2.24) is 14.9 Å². The summed E-state index contributed by atoms with van der Waals surface area (Å²) in [5.74, 6) is -0.433. The molecule has 0 spiro atoms. The average Bonchev–Trinajstić information content (AvgIpc) is 2.78. The van der Waals surface area contributed by atoms with Gasteiger partial charge in [-0.2, -0.15) is 5.10 Å². The van der Waals surface area contributed by atoms with Gasteiger partial charge >= 0.3 is 0 Å². The van der Waals surface area contributed by atoms with Crippen LogP contribution in [0.5, 0.6) is 0 Å². The number of nitrogens with zero attached hydrogens (tertiary/aromatic N) is 1. The lowest BCUT2D eigenvalue weighted by Gasteiger charge is -2.07. The Morgan fingerprint density at radius 1 is 1.45 bits per heavy atom. The van der Waals surface area contributed by atoms with Crippen LogP contribution >= 0.6 is 0 Å². The number of hydrogen-bond acceptors (Lipinski definition) is 4. The molecule has 0 unspecified atom stereocenters. The lowest BCUT2D eigenvalue weighted by molar-refractivity contribution is 0.273. The van der Waals surface area contributed by atoms with Crippen molar-refractivity contribution in [2.75, 3.05) is 0 Å². The van der Waals surface area contributed by atoms with Crippen LogP contribution in [-0.2, 0) is 23.2 Å². The summed E-state index contributed by atoms with van der Waals surface area (Å²) in [6.45, 7) is 1.01. The quantitative estimate of drug-likeness (QED) is 0.762. The summed E-state index contributed by atoms with van der Waals surface area (Å²) in [7, 11) is -3.83. The molecule has 108 valence electrons. The van der Waals surface area contributed by atoms with Crippen LogP contribution in [0.3, 0.4) is 0 Å². The lowest BCUT2D eigenvalue weighted by atomic mass is 10.2. The van der Waals surface area contributed by atoms with Gasteiger partial charge in [-0.15, -0.1) is 0 Å². The molecular weight excluding hydrogens is 285 g/mol. The van der Waals surface area contributed by atoms with Crippen molar-refractivity contribution in [3.63, 3.8) is 0 Å². The Labute approximate surface area is 115 Å². The minimum Gasteiger partial charge on any atom is -0.390 e. The topological polar surface area (TPSA) is 95.1 Å². The van der Waals surface area contributed by atoms with Gasteiger partial charge in [-0.05, 0) is 24.6 Å². The lowest BCUT2D eigenvalue weighted by Crippen LogP contribution is -2.24. The Hall–Kier alpha value is -1.77. The number of hydrogen-bond donors (Lipinski definition) is 3. The Morgan fingerprint density at radius 2 is 2.20 bits per heavy atom. The van der Waals surface area contributed by atoms with Crippen molar-refractivity contribution in [3.8, 4) is 0 Å². The second-order valence-corrected chi connectivity index (χ2v) is 5.94. The Morgan fingerprint density at radius 3 is 2.85 bits per heavy atom. The van der Waals surface area contributed by atoms with E-state index in [1.807, 2.05) is 0 Å². The van der Waals surface area contributed by atoms with E-state index < -0.39 is 22.4 Å². The van der Waals surface area contributed by atoms with E-state index in [4.69, 9.17) is 5.11 Å². The molecule has 0 radical (unpaired) electrons. The van der Waals surface area contributed by atoms with E-state index in [0.717, 1.165) is 0 Å². The fourth-order valence-electron chi connectivity index (χ4n) is 1.83. The summed E-state index contributed by atoms with van der Waals surface area (Å²) in [6.07, 6.45) is 0. The first-order valence-corrected chi connectivity index (χ1v) is 7.31. The Bertz CT molecular complexity index is 712. The maximum absolute atomic E-state index is 13.0. The largest absolute Gasteiger partial charge is 0.390 e. The van der Waals surface area contributed by atoms with Crippen molar-refractivity contribution in [3.05, 3.63) is 47.0 Å². The van der Waals surface area contributed by atoms with Gasteiger partial charge in [0.1, 0.15) is 16.4 Å². The Balaban J connectivity index is 2.21. The molecule has 3 N–H and O–H groups in total. The van der Waals surface area contributed by atoms with Gasteiger partial charge in [0.25, 0.3) is 0 Å². The highest BCUT2D eigenvalue weighted by Crippen LogP contribution is 2.17. The van der Waals surface area contributed by atoms with E-state index >= 15 is 0 Å². The molecule has 0 aliphatic rings. The molecule has 20 heavy (non-hydrogen) atoms. The van der Waals surface area contributed by atoms with Crippen molar-refractivity contribution in [2.45, 2.75) is 25.0 Å². The Kier molecular flexibility index (Phi) is 4.17. The van der Waals surface area contributed by atoms with Gasteiger partial charge in [-0.25, -0.2) is 17.5 Å². The highest BCUT2D eigenvalue weighted by Gasteiger charge is 2.23. The molecule has 1 aromatic heterocycles. The van der Waals surface area contributed by atoms with Gasteiger partial charge in [0, 0.05) is 6.54 Å². The normalized spacial score (nSPS) is 11.8. The fraction of sp³-hybridized carbons (Fsp3) is 0.250. The summed E-state index contributed by atoms with van der Waals surface area (Å²) in [5.41, 5.74) is 0.885. The van der Waals surface area contributed by atoms with Crippen molar-refractivity contribution >= 4 is 10.0 Å². The second-order valence-electron chi connectivity index (χ2n) is 4.24. The van der Waals surface area contributed by atoms with Gasteiger partial charge in [0.15, 0.2) is 0 Å². The number of aromatic nitrogens is 2. The third-order valence-corrected chi connectivity index (χ3v) is 4.34. The van der Waals surface area contributed by atoms with E-state index in [1.54, 1.807) is 13.0 Å². The predicted octanol–water partition coefficient (Wildman–Crippen LogP) is 0.828. The van der Waals surface area contributed by atoms with E-state index in [2.05, 4.69) is 14.9 Å². The molecule has 1 aromatic carbocycles. The number of rotatable bonds is 5. The number of sulfonamides is 1. The summed E-state index contributed by atoms with van der Waals surface area (Å²) in [4.78, 5) is -0.0728. The second kappa shape index (κ2) is 5.70. The number of aryl methyl sites for hydroxylation is 1. The summed E-state index contributed by atoms with van der Waals surface area (Å²) in [5, 5.41) is 15.3. The number of benzene rings is 1. The number of halogens is 1. The number of H-pyrrole nitrogens is 1. The van der Waals surface area contributed by atoms with Crippen LogP contribution in [0.25, 0.3) is 0 Å². The number of nitrogens with one attached hydrogen (secondary N) is 2. The minimum absolute atomic E-state index is 0.0460. The van der Waals surface area contributed by atoms with Crippen LogP contribution in [-0.4, -0.2) is 23.7 Å². The van der Waals surface area contributed by atoms with E-state index in [1.165, 1.54) is 18.2 Å². The standard InChI is InChI=1S/C12H14FN3O3S/c1-8-12(11(7-17)16-15-8)20(18,19)14-6-9-3-2-4-10(13)5-9/h2-5,14,17H,6-7H2,1H3,(H,15,16). The van der Waals surface area contributed by atoms with Crippen LogP contribution in [0.15, 0.2) is 29.2 Å². The smallest absolute Gasteiger partial charge is 0.244 e. The maximum Gasteiger partial charge on any atom is 0.244 e. The highest BCUT2D eigenvalue weighted by molar-refractivity contribution is 7.89. The molecule has 0 aliphatic carbocycles. The van der Waals surface area contributed by atoms with Crippen LogP contribution in [0, 0.1) is 12.7 Å². The molecule has 6 nitrogen and oxygen atoms in total. The molecule has 0 amide bonds. The molecule has 0 saturated carbocycles. The average molecular weight is 299 g/mol. The first-order chi connectivity index (χ1) is 9.44. The monoisotopic (exact) mass is 299 g/mol. The summed E-state index contributed by atoms with van der Waals surface area (Å²) < 4.78 is 39.7. The number of aliphatic hydroxyl groups excluding tert-OH is 1. The fourth-order valence-corrected chi connectivity index (χ4v) is 3.20. The first kappa shape index (κ1) is 14.6. The predicted molar refractivity (Wildman–Crippen MR) is 69.7 cm³/mol. The SMILES string of the molecule is Cc1[nH]nc(CO)c1S(=O)(=O)NCc1cccc(F)c1. The molecule has 0 atom stereocenters. The molecule has 0 aliphatic heterocycles. The van der Waals surface area contributed by atoms with Gasteiger partial charge in [0.2, 0.25) is 10.0 Å². The first-order valence-electron chi connectivity index (χ1n) is 5.83. The van der Waals surface area contributed by atoms with Crippen molar-refractivity contribution < 1.29 is 17.9 Å². The van der Waals surface area contributed by atoms with Crippen LogP contribution in [0.2, 0.25) is 0 Å². The molecular formula is C12H14FN3O3S. The van der Waals surface area contributed by atoms with Crippen LogP contribution in [0.4, 0.5) is 4.39 Å². The summed E-state index contributed by atoms with van der Waals surface area (Å²) in [6, 6.07) is 5.64. The zero-order chi connectivity index (χ0) is 14.8. The zero-order valence-electron chi connectivity index (χ0n) is 10.7. The van der Waals surface area contributed by atoms with Gasteiger partial charge in [0.05, 0.1) is 12.3 Å². The molecule has 2 aromatic rings. The van der Waals surface area contributed by atoms with E-state index in [9.17, 15) is 12.8 Å². The van der Waals surface area contributed by atoms with Crippen LogP contribution in [0.1, 0.15) is 17.0 Å².